The van der Waals surface area contributed by atoms with E-state index in [9.17, 15) is 19.2 Å². The quantitative estimate of drug-likeness (QED) is 0.233. The first-order valence-electron chi connectivity index (χ1n) is 4.32. The molecule has 1 rings (SSSR count). The van der Waals surface area contributed by atoms with E-state index in [1.54, 1.807) is 5.43 Å². The van der Waals surface area contributed by atoms with Crippen LogP contribution >= 0.6 is 0 Å². The normalized spacial score (nSPS) is 18.9. The molecule has 10 nitrogen and oxygen atoms in total. The molecule has 0 aliphatic carbocycles. The summed E-state index contributed by atoms with van der Waals surface area (Å²) in [6.07, 6.45) is -1.58. The smallest absolute Gasteiger partial charge is 0.332 e. The van der Waals surface area contributed by atoms with E-state index in [1.165, 1.54) is 0 Å². The third-order valence-corrected chi connectivity index (χ3v) is 1.52. The van der Waals surface area contributed by atoms with Crippen molar-refractivity contribution < 1.29 is 23.9 Å². The van der Waals surface area contributed by atoms with Crippen LogP contribution in [0.2, 0.25) is 0 Å². The van der Waals surface area contributed by atoms with E-state index in [4.69, 9.17) is 5.73 Å². The zero-order valence-corrected chi connectivity index (χ0v) is 8.64. The van der Waals surface area contributed by atoms with Crippen LogP contribution in [0.5, 0.6) is 0 Å². The molecule has 1 aliphatic heterocycles. The highest BCUT2D eigenvalue weighted by atomic mass is 16.6. The topological polar surface area (TPSA) is 152 Å². The van der Waals surface area contributed by atoms with Crippen molar-refractivity contribution in [1.82, 2.24) is 16.1 Å². The summed E-state index contributed by atoms with van der Waals surface area (Å²) in [5.74, 6) is -2.86. The number of carbonyl (C=O) groups is 4. The molecule has 0 aromatic carbocycles. The SMILES string of the molecule is CC(=O)OC1C(=O)NC(=NNC(N)=O)NC1=O. The lowest BCUT2D eigenvalue weighted by Crippen LogP contribution is -2.61. The van der Waals surface area contributed by atoms with Crippen LogP contribution in [0.25, 0.3) is 0 Å². The van der Waals surface area contributed by atoms with Crippen LogP contribution in [-0.4, -0.2) is 35.9 Å². The maximum absolute atomic E-state index is 11.3. The van der Waals surface area contributed by atoms with Crippen LogP contribution in [0.15, 0.2) is 5.10 Å². The molecular formula is C7H9N5O5. The average molecular weight is 243 g/mol. The summed E-state index contributed by atoms with van der Waals surface area (Å²) in [7, 11) is 0. The van der Waals surface area contributed by atoms with E-state index >= 15 is 0 Å². The van der Waals surface area contributed by atoms with Gasteiger partial charge in [-0.2, -0.15) is 0 Å². The molecule has 0 bridgehead atoms. The van der Waals surface area contributed by atoms with E-state index in [0.717, 1.165) is 6.92 Å². The van der Waals surface area contributed by atoms with Gasteiger partial charge in [0, 0.05) is 6.92 Å². The van der Waals surface area contributed by atoms with Gasteiger partial charge in [0.1, 0.15) is 0 Å². The van der Waals surface area contributed by atoms with E-state index < -0.39 is 29.9 Å². The highest BCUT2D eigenvalue weighted by Crippen LogP contribution is 1.98. The number of hydrogen-bond acceptors (Lipinski definition) is 6. The third kappa shape index (κ3) is 3.44. The van der Waals surface area contributed by atoms with Gasteiger partial charge in [-0.3, -0.25) is 25.0 Å². The summed E-state index contributed by atoms with van der Waals surface area (Å²) < 4.78 is 4.46. The van der Waals surface area contributed by atoms with Crippen molar-refractivity contribution in [2.45, 2.75) is 13.0 Å². The summed E-state index contributed by atoms with van der Waals surface area (Å²) in [5, 5.41) is 7.46. The number of esters is 1. The standard InChI is InChI=1S/C7H9N5O5/c1-2(13)17-3-4(14)9-7(10-5(3)15)12-11-6(8)16/h3H,1H3,(H3,8,11,16)(H2,9,10,12,14,15). The molecule has 0 aromatic rings. The largest absolute Gasteiger partial charge is 0.442 e. The Balaban J connectivity index is 2.70. The molecule has 92 valence electrons. The first-order valence-corrected chi connectivity index (χ1v) is 4.32. The van der Waals surface area contributed by atoms with E-state index in [-0.39, 0.29) is 5.96 Å². The number of nitrogens with two attached hydrogens (primary N) is 1. The number of urea groups is 1. The average Bonchev–Trinajstić information content (AvgIpc) is 2.20. The summed E-state index contributed by atoms with van der Waals surface area (Å²) in [6.45, 7) is 1.05. The fourth-order valence-corrected chi connectivity index (χ4v) is 0.955. The highest BCUT2D eigenvalue weighted by molar-refractivity contribution is 6.20. The Morgan fingerprint density at radius 2 is 1.88 bits per heavy atom. The molecule has 0 atom stereocenters. The molecule has 0 aromatic heterocycles. The van der Waals surface area contributed by atoms with E-state index in [1.807, 2.05) is 0 Å². The second-order valence-corrected chi connectivity index (χ2v) is 2.90. The van der Waals surface area contributed by atoms with Crippen molar-refractivity contribution in [1.29, 1.82) is 0 Å². The van der Waals surface area contributed by atoms with Gasteiger partial charge < -0.3 is 10.5 Å². The Hall–Kier alpha value is -2.65. The maximum atomic E-state index is 11.3. The highest BCUT2D eigenvalue weighted by Gasteiger charge is 2.36. The Labute approximate surface area is 94.5 Å². The first kappa shape index (κ1) is 12.4. The van der Waals surface area contributed by atoms with Gasteiger partial charge in [0.05, 0.1) is 0 Å². The van der Waals surface area contributed by atoms with Gasteiger partial charge in [-0.15, -0.1) is 5.10 Å². The van der Waals surface area contributed by atoms with Crippen molar-refractivity contribution in [2.75, 3.05) is 0 Å². The fraction of sp³-hybridized carbons (Fsp3) is 0.286. The number of rotatable bonds is 2. The second kappa shape index (κ2) is 4.92. The van der Waals surface area contributed by atoms with Crippen molar-refractivity contribution in [3.63, 3.8) is 0 Å². The predicted molar refractivity (Wildman–Crippen MR) is 52.0 cm³/mol. The van der Waals surface area contributed by atoms with Gasteiger partial charge in [-0.25, -0.2) is 10.2 Å². The molecule has 10 heteroatoms. The third-order valence-electron chi connectivity index (χ3n) is 1.52. The molecule has 0 saturated carbocycles. The summed E-state index contributed by atoms with van der Waals surface area (Å²) in [5.41, 5.74) is 6.52. The lowest BCUT2D eigenvalue weighted by molar-refractivity contribution is -0.160. The van der Waals surface area contributed by atoms with Gasteiger partial charge in [0.2, 0.25) is 5.96 Å². The van der Waals surface area contributed by atoms with Gasteiger partial charge in [-0.05, 0) is 0 Å². The van der Waals surface area contributed by atoms with Gasteiger partial charge >= 0.3 is 12.0 Å². The van der Waals surface area contributed by atoms with Crippen molar-refractivity contribution >= 4 is 29.8 Å². The predicted octanol–water partition coefficient (Wildman–Crippen LogP) is -2.90. The van der Waals surface area contributed by atoms with Crippen LogP contribution < -0.4 is 21.8 Å². The Bertz CT molecular complexity index is 397. The van der Waals surface area contributed by atoms with Gasteiger partial charge in [0.15, 0.2) is 0 Å². The summed E-state index contributed by atoms with van der Waals surface area (Å²) >= 11 is 0. The monoisotopic (exact) mass is 243 g/mol. The van der Waals surface area contributed by atoms with Gasteiger partial charge in [-0.1, -0.05) is 0 Å². The number of guanidine groups is 1. The van der Waals surface area contributed by atoms with Gasteiger partial charge in [0.25, 0.3) is 17.9 Å². The minimum atomic E-state index is -1.58. The van der Waals surface area contributed by atoms with Crippen LogP contribution in [-0.2, 0) is 19.1 Å². The van der Waals surface area contributed by atoms with Crippen LogP contribution in [0, 0.1) is 0 Å². The Morgan fingerprint density at radius 1 is 1.35 bits per heavy atom. The molecular weight excluding hydrogens is 234 g/mol. The molecule has 0 unspecified atom stereocenters. The summed E-state index contributed by atoms with van der Waals surface area (Å²) in [6, 6.07) is -0.969. The number of nitrogens with zero attached hydrogens (tertiary/aromatic N) is 1. The zero-order valence-electron chi connectivity index (χ0n) is 8.64. The number of primary amides is 1. The molecule has 17 heavy (non-hydrogen) atoms. The van der Waals surface area contributed by atoms with E-state index in [0.29, 0.717) is 0 Å². The maximum Gasteiger partial charge on any atom is 0.332 e. The number of nitrogens with one attached hydrogen (secondary N) is 3. The lowest BCUT2D eigenvalue weighted by atomic mass is 10.2. The fourth-order valence-electron chi connectivity index (χ4n) is 0.955. The molecule has 1 aliphatic rings. The number of carbonyl (C=O) groups excluding carboxylic acids is 4. The summed E-state index contributed by atoms with van der Waals surface area (Å²) in [4.78, 5) is 43.6. The lowest BCUT2D eigenvalue weighted by Gasteiger charge is -2.22. The molecule has 1 heterocycles. The molecule has 5 N–H and O–H groups in total. The molecule has 1 fully saturated rings. The Morgan fingerprint density at radius 3 is 2.29 bits per heavy atom. The molecule has 0 radical (unpaired) electrons. The van der Waals surface area contributed by atoms with Crippen molar-refractivity contribution in [2.24, 2.45) is 10.8 Å². The number of ether oxygens (including phenoxy) is 1. The Kier molecular flexibility index (Phi) is 3.59. The number of hydrogen-bond donors (Lipinski definition) is 4. The zero-order chi connectivity index (χ0) is 13.0. The first-order chi connectivity index (χ1) is 7.90. The van der Waals surface area contributed by atoms with Crippen molar-refractivity contribution in [3.05, 3.63) is 0 Å². The van der Waals surface area contributed by atoms with Crippen molar-refractivity contribution in [3.8, 4) is 0 Å². The molecule has 1 saturated heterocycles. The van der Waals surface area contributed by atoms with Crippen LogP contribution in [0.3, 0.4) is 0 Å². The second-order valence-electron chi connectivity index (χ2n) is 2.90. The minimum absolute atomic E-state index is 0.317. The van der Waals surface area contributed by atoms with Crippen LogP contribution in [0.4, 0.5) is 4.79 Å². The number of hydrazone groups is 1. The number of amides is 4. The molecule has 4 amide bonds. The van der Waals surface area contributed by atoms with Crippen LogP contribution in [0.1, 0.15) is 6.92 Å². The van der Waals surface area contributed by atoms with E-state index in [2.05, 4.69) is 20.5 Å². The molecule has 0 spiro atoms. The minimum Gasteiger partial charge on any atom is -0.442 e.